The van der Waals surface area contributed by atoms with Crippen LogP contribution in [0.4, 0.5) is 0 Å². The molecule has 0 bridgehead atoms. The molecule has 1 aliphatic heterocycles. The van der Waals surface area contributed by atoms with Gasteiger partial charge in [-0.05, 0) is 29.8 Å². The second-order valence-electron chi connectivity index (χ2n) is 8.79. The second kappa shape index (κ2) is 10.2. The summed E-state index contributed by atoms with van der Waals surface area (Å²) in [5.74, 6) is -0.0487. The van der Waals surface area contributed by atoms with Crippen LogP contribution in [0.3, 0.4) is 0 Å². The summed E-state index contributed by atoms with van der Waals surface area (Å²) in [7, 11) is 3.18. The lowest BCUT2D eigenvalue weighted by Gasteiger charge is -2.22. The Morgan fingerprint density at radius 3 is 2.30 bits per heavy atom. The Bertz CT molecular complexity index is 1460. The number of hydrogen-bond acceptors (Lipinski definition) is 5. The van der Waals surface area contributed by atoms with Crippen LogP contribution in [-0.4, -0.2) is 54.9 Å². The molecular weight excluding hydrogens is 470 g/mol. The van der Waals surface area contributed by atoms with E-state index in [1.807, 2.05) is 48.7 Å². The van der Waals surface area contributed by atoms with Crippen molar-refractivity contribution in [2.24, 2.45) is 0 Å². The average Bonchev–Trinajstić information content (AvgIpc) is 3.46. The first kappa shape index (κ1) is 24.1. The van der Waals surface area contributed by atoms with Gasteiger partial charge in [-0.15, -0.1) is 0 Å². The lowest BCUT2D eigenvalue weighted by molar-refractivity contribution is -0.121. The van der Waals surface area contributed by atoms with Crippen molar-refractivity contribution in [2.45, 2.75) is 12.3 Å². The van der Waals surface area contributed by atoms with Gasteiger partial charge >= 0.3 is 0 Å². The molecule has 0 radical (unpaired) electrons. The van der Waals surface area contributed by atoms with Crippen LogP contribution in [0.15, 0.2) is 72.9 Å². The number of hydrogen-bond donors (Lipinski definition) is 2. The van der Waals surface area contributed by atoms with Gasteiger partial charge in [0.2, 0.25) is 5.91 Å². The number of carbonyl (C=O) groups excluding carboxylic acids is 3. The predicted octanol–water partition coefficient (Wildman–Crippen LogP) is 4.12. The van der Waals surface area contributed by atoms with Crippen molar-refractivity contribution in [1.82, 2.24) is 15.2 Å². The van der Waals surface area contributed by atoms with E-state index < -0.39 is 0 Å². The lowest BCUT2D eigenvalue weighted by atomic mass is 9.89. The van der Waals surface area contributed by atoms with Crippen LogP contribution in [0.25, 0.3) is 10.9 Å². The molecule has 0 saturated carbocycles. The van der Waals surface area contributed by atoms with E-state index in [2.05, 4.69) is 10.3 Å². The summed E-state index contributed by atoms with van der Waals surface area (Å²) in [6.45, 7) is 0.296. The molecule has 2 N–H and O–H groups in total. The fourth-order valence-electron chi connectivity index (χ4n) is 4.92. The van der Waals surface area contributed by atoms with E-state index >= 15 is 0 Å². The predicted molar refractivity (Wildman–Crippen MR) is 139 cm³/mol. The zero-order valence-corrected chi connectivity index (χ0v) is 20.6. The van der Waals surface area contributed by atoms with Crippen LogP contribution in [0.2, 0.25) is 0 Å². The number of methoxy groups -OCH3 is 2. The van der Waals surface area contributed by atoms with Gasteiger partial charge in [-0.25, -0.2) is 0 Å². The summed E-state index contributed by atoms with van der Waals surface area (Å²) in [5.41, 5.74) is 3.60. The Morgan fingerprint density at radius 1 is 0.892 bits per heavy atom. The molecule has 3 aromatic carbocycles. The molecule has 188 valence electrons. The molecule has 8 heteroatoms. The van der Waals surface area contributed by atoms with Crippen LogP contribution >= 0.6 is 0 Å². The maximum atomic E-state index is 12.9. The fraction of sp³-hybridized carbons (Fsp3) is 0.207. The van der Waals surface area contributed by atoms with Crippen molar-refractivity contribution in [1.29, 1.82) is 0 Å². The SMILES string of the molecule is COc1cccc(C(CNC(=O)CCN2C(=O)c3ccccc3C2=O)c2c[nH]c3ccccc23)c1OC. The summed E-state index contributed by atoms with van der Waals surface area (Å²) in [4.78, 5) is 42.6. The number of imide groups is 1. The van der Waals surface area contributed by atoms with E-state index in [1.165, 1.54) is 0 Å². The molecule has 1 atom stereocenters. The number of carbonyl (C=O) groups is 3. The molecule has 4 aromatic rings. The fourth-order valence-corrected chi connectivity index (χ4v) is 4.92. The van der Waals surface area contributed by atoms with Crippen LogP contribution in [0.1, 0.15) is 44.2 Å². The normalized spacial score (nSPS) is 13.5. The third-order valence-corrected chi connectivity index (χ3v) is 6.75. The largest absolute Gasteiger partial charge is 0.493 e. The molecule has 5 rings (SSSR count). The average molecular weight is 498 g/mol. The number of nitrogens with zero attached hydrogens (tertiary/aromatic N) is 1. The topological polar surface area (TPSA) is 101 Å². The number of H-pyrrole nitrogens is 1. The summed E-state index contributed by atoms with van der Waals surface area (Å²) in [6, 6.07) is 20.3. The number of fused-ring (bicyclic) bond motifs is 2. The number of aromatic nitrogens is 1. The molecule has 0 fully saturated rings. The van der Waals surface area contributed by atoms with Crippen LogP contribution in [0, 0.1) is 0 Å². The smallest absolute Gasteiger partial charge is 0.261 e. The minimum atomic E-state index is -0.369. The monoisotopic (exact) mass is 497 g/mol. The van der Waals surface area contributed by atoms with Gasteiger partial charge in [0.15, 0.2) is 11.5 Å². The van der Waals surface area contributed by atoms with E-state index in [1.54, 1.807) is 38.5 Å². The van der Waals surface area contributed by atoms with Crippen LogP contribution < -0.4 is 14.8 Å². The first-order valence-electron chi connectivity index (χ1n) is 12.0. The maximum absolute atomic E-state index is 12.9. The van der Waals surface area contributed by atoms with Crippen LogP contribution in [-0.2, 0) is 4.79 Å². The number of aromatic amines is 1. The number of rotatable bonds is 9. The number of amides is 3. The van der Waals surface area contributed by atoms with Crippen molar-refractivity contribution < 1.29 is 23.9 Å². The molecule has 1 aliphatic rings. The van der Waals surface area contributed by atoms with Gasteiger partial charge in [0.25, 0.3) is 11.8 Å². The molecule has 2 heterocycles. The Labute approximate surface area is 214 Å². The van der Waals surface area contributed by atoms with E-state index in [0.29, 0.717) is 22.6 Å². The van der Waals surface area contributed by atoms with Gasteiger partial charge in [-0.2, -0.15) is 0 Å². The van der Waals surface area contributed by atoms with Gasteiger partial charge in [0.1, 0.15) is 0 Å². The Hall–Kier alpha value is -4.59. The zero-order chi connectivity index (χ0) is 25.9. The molecule has 3 amide bonds. The molecule has 0 aliphatic carbocycles. The molecule has 8 nitrogen and oxygen atoms in total. The summed E-state index contributed by atoms with van der Waals surface area (Å²) in [6.07, 6.45) is 1.94. The van der Waals surface area contributed by atoms with E-state index in [9.17, 15) is 14.4 Å². The van der Waals surface area contributed by atoms with Gasteiger partial charge in [0.05, 0.1) is 25.3 Å². The highest BCUT2D eigenvalue weighted by Gasteiger charge is 2.35. The first-order valence-corrected chi connectivity index (χ1v) is 12.0. The highest BCUT2D eigenvalue weighted by atomic mass is 16.5. The van der Waals surface area contributed by atoms with Crippen LogP contribution in [0.5, 0.6) is 11.5 Å². The minimum absolute atomic E-state index is 0.00131. The van der Waals surface area contributed by atoms with Crippen molar-refractivity contribution in [3.8, 4) is 11.5 Å². The van der Waals surface area contributed by atoms with Gasteiger partial charge in [0, 0.05) is 48.1 Å². The third kappa shape index (κ3) is 4.42. The lowest BCUT2D eigenvalue weighted by Crippen LogP contribution is -2.35. The van der Waals surface area contributed by atoms with Crippen molar-refractivity contribution >= 4 is 28.6 Å². The Balaban J connectivity index is 1.36. The van der Waals surface area contributed by atoms with E-state index in [-0.39, 0.29) is 43.1 Å². The summed E-state index contributed by atoms with van der Waals surface area (Å²) in [5, 5.41) is 4.04. The first-order chi connectivity index (χ1) is 18.0. The Kier molecular flexibility index (Phi) is 6.64. The maximum Gasteiger partial charge on any atom is 0.261 e. The van der Waals surface area contributed by atoms with Crippen molar-refractivity contribution in [2.75, 3.05) is 27.3 Å². The highest BCUT2D eigenvalue weighted by Crippen LogP contribution is 2.40. The number of para-hydroxylation sites is 2. The highest BCUT2D eigenvalue weighted by molar-refractivity contribution is 6.21. The van der Waals surface area contributed by atoms with E-state index in [4.69, 9.17) is 9.47 Å². The molecule has 0 spiro atoms. The molecular formula is C29H27N3O5. The Morgan fingerprint density at radius 2 is 1.59 bits per heavy atom. The molecule has 37 heavy (non-hydrogen) atoms. The van der Waals surface area contributed by atoms with Gasteiger partial charge in [-0.3, -0.25) is 19.3 Å². The summed E-state index contributed by atoms with van der Waals surface area (Å²) >= 11 is 0. The quantitative estimate of drug-likeness (QED) is 0.339. The minimum Gasteiger partial charge on any atom is -0.493 e. The number of benzene rings is 3. The molecule has 0 saturated heterocycles. The third-order valence-electron chi connectivity index (χ3n) is 6.75. The second-order valence-corrected chi connectivity index (χ2v) is 8.79. The standard InChI is InChI=1S/C29H27N3O5/c1-36-25-13-7-11-19(27(25)37-2)23(22-16-30-24-12-6-5-8-18(22)24)17-31-26(33)14-15-32-28(34)20-9-3-4-10-21(20)29(32)35/h3-13,16,23,30H,14-15,17H2,1-2H3,(H,31,33). The zero-order valence-electron chi connectivity index (χ0n) is 20.6. The summed E-state index contributed by atoms with van der Waals surface area (Å²) < 4.78 is 11.2. The molecule has 1 unspecified atom stereocenters. The number of ether oxygens (including phenoxy) is 2. The van der Waals surface area contributed by atoms with E-state index in [0.717, 1.165) is 26.9 Å². The van der Waals surface area contributed by atoms with Crippen molar-refractivity contribution in [3.05, 3.63) is 95.2 Å². The van der Waals surface area contributed by atoms with Gasteiger partial charge < -0.3 is 19.8 Å². The molecule has 1 aromatic heterocycles. The van der Waals surface area contributed by atoms with Crippen molar-refractivity contribution in [3.63, 3.8) is 0 Å². The number of nitrogens with one attached hydrogen (secondary N) is 2. The van der Waals surface area contributed by atoms with Gasteiger partial charge in [-0.1, -0.05) is 42.5 Å².